The molecule has 0 amide bonds. The Morgan fingerprint density at radius 3 is 2.83 bits per heavy atom. The molecule has 1 aliphatic rings. The van der Waals surface area contributed by atoms with Gasteiger partial charge in [0, 0.05) is 13.1 Å². The van der Waals surface area contributed by atoms with Gasteiger partial charge in [0.15, 0.2) is 0 Å². The maximum Gasteiger partial charge on any atom is 0.0593 e. The minimum atomic E-state index is -0.295. The summed E-state index contributed by atoms with van der Waals surface area (Å²) in [6, 6.07) is 0. The summed E-state index contributed by atoms with van der Waals surface area (Å²) in [4.78, 5) is 2.21. The normalized spacial score (nSPS) is 35.0. The second kappa shape index (κ2) is 4.21. The predicted molar refractivity (Wildman–Crippen MR) is 47.9 cm³/mol. The van der Waals surface area contributed by atoms with Crippen molar-refractivity contribution >= 4 is 0 Å². The van der Waals surface area contributed by atoms with Crippen molar-refractivity contribution in [2.45, 2.75) is 32.0 Å². The van der Waals surface area contributed by atoms with Gasteiger partial charge in [0.05, 0.1) is 12.2 Å². The van der Waals surface area contributed by atoms with Gasteiger partial charge in [0.1, 0.15) is 0 Å². The van der Waals surface area contributed by atoms with Gasteiger partial charge in [-0.1, -0.05) is 0 Å². The van der Waals surface area contributed by atoms with Gasteiger partial charge in [-0.3, -0.25) is 0 Å². The van der Waals surface area contributed by atoms with E-state index in [0.717, 1.165) is 19.5 Å². The third-order valence-electron chi connectivity index (χ3n) is 2.54. The van der Waals surface area contributed by atoms with E-state index in [4.69, 9.17) is 0 Å². The van der Waals surface area contributed by atoms with E-state index in [1.165, 1.54) is 0 Å². The van der Waals surface area contributed by atoms with Crippen LogP contribution in [0.5, 0.6) is 0 Å². The molecule has 0 aliphatic carbocycles. The van der Waals surface area contributed by atoms with Gasteiger partial charge in [-0.05, 0) is 32.7 Å². The summed E-state index contributed by atoms with van der Waals surface area (Å²) >= 11 is 0. The summed E-state index contributed by atoms with van der Waals surface area (Å²) in [6.07, 6.45) is 1.05. The van der Waals surface area contributed by atoms with E-state index in [-0.39, 0.29) is 18.1 Å². The summed E-state index contributed by atoms with van der Waals surface area (Å²) in [6.45, 7) is 3.66. The van der Waals surface area contributed by atoms with Crippen molar-refractivity contribution in [1.29, 1.82) is 0 Å². The molecular weight excluding hydrogens is 154 g/mol. The van der Waals surface area contributed by atoms with E-state index in [9.17, 15) is 10.2 Å². The lowest BCUT2D eigenvalue weighted by atomic mass is 9.90. The molecule has 0 radical (unpaired) electrons. The van der Waals surface area contributed by atoms with Crippen molar-refractivity contribution < 1.29 is 10.2 Å². The molecule has 3 heteroatoms. The van der Waals surface area contributed by atoms with Crippen LogP contribution in [-0.2, 0) is 0 Å². The van der Waals surface area contributed by atoms with Crippen molar-refractivity contribution in [2.24, 2.45) is 5.92 Å². The van der Waals surface area contributed by atoms with Gasteiger partial charge >= 0.3 is 0 Å². The highest BCUT2D eigenvalue weighted by Crippen LogP contribution is 2.20. The lowest BCUT2D eigenvalue weighted by molar-refractivity contribution is 0.0118. The van der Waals surface area contributed by atoms with E-state index in [1.807, 2.05) is 0 Å². The van der Waals surface area contributed by atoms with Crippen LogP contribution >= 0.6 is 0 Å². The third-order valence-corrected chi connectivity index (χ3v) is 2.54. The molecule has 1 aliphatic heterocycles. The van der Waals surface area contributed by atoms with Crippen LogP contribution in [0.15, 0.2) is 0 Å². The summed E-state index contributed by atoms with van der Waals surface area (Å²) in [5.41, 5.74) is 0. The number of piperidine rings is 1. The quantitative estimate of drug-likeness (QED) is 0.621. The average Bonchev–Trinajstić information content (AvgIpc) is 1.96. The molecule has 0 saturated carbocycles. The Bertz CT molecular complexity index is 136. The van der Waals surface area contributed by atoms with Crippen molar-refractivity contribution in [1.82, 2.24) is 4.90 Å². The van der Waals surface area contributed by atoms with Crippen LogP contribution in [0.1, 0.15) is 19.8 Å². The number of hydrogen-bond acceptors (Lipinski definition) is 3. The Balaban J connectivity index is 2.38. The first-order valence-electron chi connectivity index (χ1n) is 4.64. The lowest BCUT2D eigenvalue weighted by Crippen LogP contribution is -2.42. The largest absolute Gasteiger partial charge is 0.393 e. The lowest BCUT2D eigenvalue weighted by Gasteiger charge is -2.34. The average molecular weight is 173 g/mol. The fourth-order valence-corrected chi connectivity index (χ4v) is 1.87. The van der Waals surface area contributed by atoms with E-state index < -0.39 is 0 Å². The molecule has 0 aromatic heterocycles. The summed E-state index contributed by atoms with van der Waals surface area (Å²) < 4.78 is 0. The van der Waals surface area contributed by atoms with Gasteiger partial charge in [-0.25, -0.2) is 0 Å². The minimum absolute atomic E-state index is 0.212. The van der Waals surface area contributed by atoms with Crippen LogP contribution in [0.4, 0.5) is 0 Å². The highest BCUT2D eigenvalue weighted by molar-refractivity contribution is 4.79. The van der Waals surface area contributed by atoms with Crippen molar-refractivity contribution in [3.63, 3.8) is 0 Å². The number of aliphatic hydroxyl groups is 2. The molecule has 3 nitrogen and oxygen atoms in total. The molecule has 1 fully saturated rings. The predicted octanol–water partition coefficient (Wildman–Crippen LogP) is 0.0699. The van der Waals surface area contributed by atoms with Gasteiger partial charge < -0.3 is 15.1 Å². The molecule has 3 unspecified atom stereocenters. The standard InChI is InChI=1S/C9H19NO2/c1-7(11)5-8-6-10(2)4-3-9(8)12/h7-9,11-12H,3-6H2,1-2H3. The first-order chi connectivity index (χ1) is 5.59. The maximum atomic E-state index is 9.60. The SMILES string of the molecule is CC(O)CC1CN(C)CCC1O. The molecule has 12 heavy (non-hydrogen) atoms. The Morgan fingerprint density at radius 2 is 2.25 bits per heavy atom. The minimum Gasteiger partial charge on any atom is -0.393 e. The molecule has 2 N–H and O–H groups in total. The van der Waals surface area contributed by atoms with Crippen LogP contribution in [-0.4, -0.2) is 47.5 Å². The molecule has 1 heterocycles. The van der Waals surface area contributed by atoms with Gasteiger partial charge in [0.2, 0.25) is 0 Å². The van der Waals surface area contributed by atoms with Gasteiger partial charge in [-0.15, -0.1) is 0 Å². The molecule has 3 atom stereocenters. The highest BCUT2D eigenvalue weighted by atomic mass is 16.3. The Hall–Kier alpha value is -0.120. The van der Waals surface area contributed by atoms with Crippen LogP contribution in [0.2, 0.25) is 0 Å². The van der Waals surface area contributed by atoms with Crippen molar-refractivity contribution in [3.05, 3.63) is 0 Å². The molecular formula is C9H19NO2. The fourth-order valence-electron chi connectivity index (χ4n) is 1.87. The summed E-state index contributed by atoms with van der Waals surface area (Å²) in [7, 11) is 2.06. The van der Waals surface area contributed by atoms with Gasteiger partial charge in [0.25, 0.3) is 0 Å². The van der Waals surface area contributed by atoms with Crippen LogP contribution in [0.3, 0.4) is 0 Å². The zero-order valence-corrected chi connectivity index (χ0v) is 7.90. The molecule has 0 bridgehead atoms. The smallest absolute Gasteiger partial charge is 0.0593 e. The molecule has 0 aromatic rings. The highest BCUT2D eigenvalue weighted by Gasteiger charge is 2.26. The number of likely N-dealkylation sites (tertiary alicyclic amines) is 1. The molecule has 0 spiro atoms. The fraction of sp³-hybridized carbons (Fsp3) is 1.00. The molecule has 1 rings (SSSR count). The monoisotopic (exact) mass is 173 g/mol. The Labute approximate surface area is 74.0 Å². The molecule has 1 saturated heterocycles. The first-order valence-corrected chi connectivity index (χ1v) is 4.64. The van der Waals surface area contributed by atoms with E-state index >= 15 is 0 Å². The third kappa shape index (κ3) is 2.73. The van der Waals surface area contributed by atoms with Crippen LogP contribution in [0.25, 0.3) is 0 Å². The molecule has 0 aromatic carbocycles. The van der Waals surface area contributed by atoms with E-state index in [1.54, 1.807) is 6.92 Å². The van der Waals surface area contributed by atoms with Crippen LogP contribution < -0.4 is 0 Å². The van der Waals surface area contributed by atoms with E-state index in [0.29, 0.717) is 6.42 Å². The van der Waals surface area contributed by atoms with Crippen LogP contribution in [0, 0.1) is 5.92 Å². The second-order valence-electron chi connectivity index (χ2n) is 3.96. The number of aliphatic hydroxyl groups excluding tert-OH is 2. The Kier molecular flexibility index (Phi) is 3.50. The zero-order valence-electron chi connectivity index (χ0n) is 7.90. The maximum absolute atomic E-state index is 9.60. The van der Waals surface area contributed by atoms with Crippen molar-refractivity contribution in [3.8, 4) is 0 Å². The second-order valence-corrected chi connectivity index (χ2v) is 3.96. The van der Waals surface area contributed by atoms with Gasteiger partial charge in [-0.2, -0.15) is 0 Å². The number of hydrogen-bond donors (Lipinski definition) is 2. The summed E-state index contributed by atoms with van der Waals surface area (Å²) in [5, 5.41) is 18.8. The first kappa shape index (κ1) is 9.96. The Morgan fingerprint density at radius 1 is 1.58 bits per heavy atom. The number of rotatable bonds is 2. The summed E-state index contributed by atoms with van der Waals surface area (Å²) in [5.74, 6) is 0.253. The zero-order chi connectivity index (χ0) is 9.14. The van der Waals surface area contributed by atoms with E-state index in [2.05, 4.69) is 11.9 Å². The number of nitrogens with zero attached hydrogens (tertiary/aromatic N) is 1. The van der Waals surface area contributed by atoms with Crippen molar-refractivity contribution in [2.75, 3.05) is 20.1 Å². The molecule has 72 valence electrons. The topological polar surface area (TPSA) is 43.7 Å².